The third kappa shape index (κ3) is 2.31. The zero-order valence-electron chi connectivity index (χ0n) is 10.7. The third-order valence-electron chi connectivity index (χ3n) is 3.49. The Morgan fingerprint density at radius 3 is 2.89 bits per heavy atom. The van der Waals surface area contributed by atoms with Crippen LogP contribution in [0.2, 0.25) is 0 Å². The molecule has 2 heterocycles. The van der Waals surface area contributed by atoms with E-state index in [0.717, 1.165) is 42.8 Å². The Labute approximate surface area is 115 Å². The Hall–Kier alpha value is -1.59. The third-order valence-corrected chi connectivity index (χ3v) is 4.33. The molecule has 0 atom stereocenters. The molecular weight excluding hydrogens is 258 g/mol. The molecule has 0 bridgehead atoms. The molecule has 1 saturated heterocycles. The first-order valence-electron chi connectivity index (χ1n) is 6.51. The fraction of sp³-hybridized carbons (Fsp3) is 0.357. The van der Waals surface area contributed by atoms with Gasteiger partial charge in [0.15, 0.2) is 0 Å². The number of anilines is 1. The van der Waals surface area contributed by atoms with Crippen LogP contribution >= 0.6 is 11.3 Å². The number of hydrogen-bond donors (Lipinski definition) is 2. The first kappa shape index (κ1) is 12.4. The number of rotatable bonds is 3. The molecule has 0 saturated carbocycles. The average Bonchev–Trinajstić information content (AvgIpc) is 2.81. The van der Waals surface area contributed by atoms with Crippen LogP contribution in [0.1, 0.15) is 5.56 Å². The predicted molar refractivity (Wildman–Crippen MR) is 81.4 cm³/mol. The molecule has 1 fully saturated rings. The van der Waals surface area contributed by atoms with Gasteiger partial charge in [-0.05, 0) is 18.6 Å². The lowest BCUT2D eigenvalue weighted by molar-refractivity contribution is 0.588. The van der Waals surface area contributed by atoms with E-state index in [9.17, 15) is 4.79 Å². The number of aromatic amines is 1. The van der Waals surface area contributed by atoms with Crippen LogP contribution in [0.3, 0.4) is 0 Å². The van der Waals surface area contributed by atoms with Crippen molar-refractivity contribution >= 4 is 27.2 Å². The topological polar surface area (TPSA) is 48.1 Å². The number of nitrogens with zero attached hydrogens (tertiary/aromatic N) is 1. The van der Waals surface area contributed by atoms with Crippen molar-refractivity contribution in [1.82, 2.24) is 10.3 Å². The van der Waals surface area contributed by atoms with Crippen LogP contribution in [0.5, 0.6) is 0 Å². The molecule has 0 amide bonds. The molecule has 19 heavy (non-hydrogen) atoms. The Bertz CT molecular complexity index is 652. The van der Waals surface area contributed by atoms with Gasteiger partial charge >= 0.3 is 4.87 Å². The summed E-state index contributed by atoms with van der Waals surface area (Å²) >= 11 is 1.27. The Balaban J connectivity index is 2.13. The van der Waals surface area contributed by atoms with Crippen molar-refractivity contribution in [2.24, 2.45) is 0 Å². The Kier molecular flexibility index (Phi) is 3.40. The molecule has 1 aromatic heterocycles. The normalized spacial score (nSPS) is 15.9. The minimum Gasteiger partial charge on any atom is -0.369 e. The van der Waals surface area contributed by atoms with E-state index in [0.29, 0.717) is 0 Å². The average molecular weight is 275 g/mol. The Morgan fingerprint density at radius 2 is 2.16 bits per heavy atom. The maximum absolute atomic E-state index is 11.5. The van der Waals surface area contributed by atoms with E-state index in [4.69, 9.17) is 0 Å². The van der Waals surface area contributed by atoms with Crippen LogP contribution in [0.25, 0.3) is 10.2 Å². The summed E-state index contributed by atoms with van der Waals surface area (Å²) in [5, 5.41) is 3.36. The van der Waals surface area contributed by atoms with E-state index in [2.05, 4.69) is 27.8 Å². The largest absolute Gasteiger partial charge is 0.369 e. The van der Waals surface area contributed by atoms with Gasteiger partial charge in [-0.3, -0.25) is 4.79 Å². The van der Waals surface area contributed by atoms with Gasteiger partial charge in [-0.1, -0.05) is 17.4 Å². The number of fused-ring (bicyclic) bond motifs is 1. The molecule has 100 valence electrons. The highest BCUT2D eigenvalue weighted by atomic mass is 32.1. The molecule has 0 aliphatic carbocycles. The second kappa shape index (κ2) is 5.19. The summed E-state index contributed by atoms with van der Waals surface area (Å²) in [4.78, 5) is 16.9. The van der Waals surface area contributed by atoms with Gasteiger partial charge < -0.3 is 15.2 Å². The van der Waals surface area contributed by atoms with Gasteiger partial charge in [0, 0.05) is 37.4 Å². The highest BCUT2D eigenvalue weighted by molar-refractivity contribution is 7.16. The second-order valence-corrected chi connectivity index (χ2v) is 5.70. The first-order valence-corrected chi connectivity index (χ1v) is 7.32. The quantitative estimate of drug-likeness (QED) is 0.839. The van der Waals surface area contributed by atoms with Crippen molar-refractivity contribution in [2.45, 2.75) is 6.42 Å². The number of H-pyrrole nitrogens is 1. The molecule has 0 unspecified atom stereocenters. The number of nitrogens with one attached hydrogen (secondary N) is 2. The molecule has 0 spiro atoms. The van der Waals surface area contributed by atoms with Crippen molar-refractivity contribution in [3.63, 3.8) is 0 Å². The number of aromatic nitrogens is 1. The zero-order valence-corrected chi connectivity index (χ0v) is 11.6. The molecule has 0 radical (unpaired) electrons. The van der Waals surface area contributed by atoms with E-state index in [-0.39, 0.29) is 4.87 Å². The molecule has 1 aliphatic rings. The van der Waals surface area contributed by atoms with Gasteiger partial charge in [0.1, 0.15) is 0 Å². The van der Waals surface area contributed by atoms with Gasteiger partial charge in [0.2, 0.25) is 0 Å². The minimum atomic E-state index is 0.0118. The van der Waals surface area contributed by atoms with Crippen molar-refractivity contribution < 1.29 is 0 Å². The highest BCUT2D eigenvalue weighted by Crippen LogP contribution is 2.29. The van der Waals surface area contributed by atoms with Crippen LogP contribution in [-0.4, -0.2) is 31.2 Å². The fourth-order valence-electron chi connectivity index (χ4n) is 2.62. The molecule has 1 aromatic carbocycles. The summed E-state index contributed by atoms with van der Waals surface area (Å²) in [6.45, 7) is 7.86. The maximum Gasteiger partial charge on any atom is 0.305 e. The predicted octanol–water partition coefficient (Wildman–Crippen LogP) is 1.73. The SMILES string of the molecule is C=CCc1c(N2CCNCC2)ccc2sc(=O)[nH]c12. The van der Waals surface area contributed by atoms with E-state index < -0.39 is 0 Å². The lowest BCUT2D eigenvalue weighted by Gasteiger charge is -2.31. The molecule has 4 nitrogen and oxygen atoms in total. The number of thiazole rings is 1. The number of piperazine rings is 1. The van der Waals surface area contributed by atoms with Crippen molar-refractivity contribution in [3.05, 3.63) is 40.0 Å². The fourth-order valence-corrected chi connectivity index (χ4v) is 3.38. The second-order valence-electron chi connectivity index (χ2n) is 4.68. The minimum absolute atomic E-state index is 0.0118. The number of benzene rings is 1. The van der Waals surface area contributed by atoms with Crippen molar-refractivity contribution in [1.29, 1.82) is 0 Å². The van der Waals surface area contributed by atoms with Gasteiger partial charge in [0.05, 0.1) is 10.2 Å². The van der Waals surface area contributed by atoms with Crippen LogP contribution in [-0.2, 0) is 6.42 Å². The zero-order chi connectivity index (χ0) is 13.2. The van der Waals surface area contributed by atoms with Gasteiger partial charge in [-0.15, -0.1) is 6.58 Å². The molecule has 2 N–H and O–H groups in total. The lowest BCUT2D eigenvalue weighted by Crippen LogP contribution is -2.43. The van der Waals surface area contributed by atoms with E-state index in [1.54, 1.807) is 0 Å². The van der Waals surface area contributed by atoms with E-state index >= 15 is 0 Å². The van der Waals surface area contributed by atoms with Gasteiger partial charge in [0.25, 0.3) is 0 Å². The monoisotopic (exact) mass is 275 g/mol. The highest BCUT2D eigenvalue weighted by Gasteiger charge is 2.16. The number of hydrogen-bond acceptors (Lipinski definition) is 4. The van der Waals surface area contributed by atoms with E-state index in [1.165, 1.54) is 22.6 Å². The number of allylic oxidation sites excluding steroid dienone is 1. The summed E-state index contributed by atoms with van der Waals surface area (Å²) < 4.78 is 1.03. The Morgan fingerprint density at radius 1 is 1.37 bits per heavy atom. The summed E-state index contributed by atoms with van der Waals surface area (Å²) in [5.74, 6) is 0. The summed E-state index contributed by atoms with van der Waals surface area (Å²) in [6.07, 6.45) is 2.68. The van der Waals surface area contributed by atoms with Crippen LogP contribution in [0, 0.1) is 0 Å². The standard InChI is InChI=1S/C14H17N3OS/c1-2-3-10-11(17-8-6-15-7-9-17)4-5-12-13(10)16-14(18)19-12/h2,4-5,15H,1,3,6-9H2,(H,16,18). The van der Waals surface area contributed by atoms with Crippen LogP contribution < -0.4 is 15.1 Å². The summed E-state index contributed by atoms with van der Waals surface area (Å²) in [7, 11) is 0. The maximum atomic E-state index is 11.5. The van der Waals surface area contributed by atoms with Gasteiger partial charge in [-0.25, -0.2) is 0 Å². The molecule has 5 heteroatoms. The van der Waals surface area contributed by atoms with Gasteiger partial charge in [-0.2, -0.15) is 0 Å². The summed E-state index contributed by atoms with van der Waals surface area (Å²) in [6, 6.07) is 4.18. The lowest BCUT2D eigenvalue weighted by atomic mass is 10.1. The summed E-state index contributed by atoms with van der Waals surface area (Å²) in [5.41, 5.74) is 3.39. The molecule has 2 aromatic rings. The smallest absolute Gasteiger partial charge is 0.305 e. The van der Waals surface area contributed by atoms with Crippen LogP contribution in [0.4, 0.5) is 5.69 Å². The molecule has 1 aliphatic heterocycles. The van der Waals surface area contributed by atoms with E-state index in [1.807, 2.05) is 12.1 Å². The van der Waals surface area contributed by atoms with Crippen LogP contribution in [0.15, 0.2) is 29.6 Å². The molecule has 3 rings (SSSR count). The van der Waals surface area contributed by atoms with Crippen molar-refractivity contribution in [2.75, 3.05) is 31.1 Å². The first-order chi connectivity index (χ1) is 9.29. The van der Waals surface area contributed by atoms with Crippen molar-refractivity contribution in [3.8, 4) is 0 Å². The molecular formula is C14H17N3OS.